The Labute approximate surface area is 121 Å². The summed E-state index contributed by atoms with van der Waals surface area (Å²) in [7, 11) is 3.51. The van der Waals surface area contributed by atoms with Crippen LogP contribution in [-0.2, 0) is 24.8 Å². The number of aromatic amines is 1. The number of rotatable bonds is 4. The molecule has 0 saturated carbocycles. The molecule has 2 aromatic heterocycles. The topological polar surface area (TPSA) is 79.7 Å². The summed E-state index contributed by atoms with van der Waals surface area (Å²) in [5.41, 5.74) is 2.04. The molecule has 7 nitrogen and oxygen atoms in total. The molecule has 0 bridgehead atoms. The molecule has 0 atom stereocenters. The van der Waals surface area contributed by atoms with E-state index in [-0.39, 0.29) is 5.91 Å². The maximum Gasteiger partial charge on any atom is 0.227 e. The van der Waals surface area contributed by atoms with Crippen LogP contribution in [0.5, 0.6) is 0 Å². The Balaban J connectivity index is 1.72. The van der Waals surface area contributed by atoms with Gasteiger partial charge in [-0.1, -0.05) is 18.2 Å². The molecule has 0 aliphatic rings. The highest BCUT2D eigenvalue weighted by Gasteiger charge is 2.15. The quantitative estimate of drug-likeness (QED) is 0.771. The standard InChI is InChI=1S/C14H16N6O/c1-19(9-13-16-17-18-20(13)2)14(21)7-10-8-15-12-6-4-3-5-11(10)12/h3-6,8,15H,7,9H2,1-2H3. The number of carbonyl (C=O) groups excluding carboxylic acids is 1. The van der Waals surface area contributed by atoms with Crippen LogP contribution in [0.4, 0.5) is 0 Å². The zero-order valence-corrected chi connectivity index (χ0v) is 11.9. The number of benzene rings is 1. The van der Waals surface area contributed by atoms with Crippen molar-refractivity contribution < 1.29 is 4.79 Å². The van der Waals surface area contributed by atoms with Gasteiger partial charge in [0.05, 0.1) is 13.0 Å². The Morgan fingerprint density at radius 1 is 1.38 bits per heavy atom. The molecule has 7 heteroatoms. The fourth-order valence-electron chi connectivity index (χ4n) is 2.26. The first-order chi connectivity index (χ1) is 10.1. The lowest BCUT2D eigenvalue weighted by Crippen LogP contribution is -2.29. The highest BCUT2D eigenvalue weighted by atomic mass is 16.2. The van der Waals surface area contributed by atoms with Crippen molar-refractivity contribution in [2.45, 2.75) is 13.0 Å². The molecule has 1 amide bonds. The van der Waals surface area contributed by atoms with Crippen LogP contribution < -0.4 is 0 Å². The average molecular weight is 284 g/mol. The minimum Gasteiger partial charge on any atom is -0.361 e. The van der Waals surface area contributed by atoms with Crippen LogP contribution in [0.3, 0.4) is 0 Å². The molecule has 3 aromatic rings. The second kappa shape index (κ2) is 5.35. The maximum atomic E-state index is 12.3. The van der Waals surface area contributed by atoms with Crippen molar-refractivity contribution in [1.82, 2.24) is 30.1 Å². The third kappa shape index (κ3) is 2.62. The smallest absolute Gasteiger partial charge is 0.227 e. The van der Waals surface area contributed by atoms with Crippen molar-refractivity contribution in [1.29, 1.82) is 0 Å². The van der Waals surface area contributed by atoms with Gasteiger partial charge in [-0.25, -0.2) is 4.68 Å². The molecule has 1 N–H and O–H groups in total. The van der Waals surface area contributed by atoms with E-state index in [2.05, 4.69) is 20.5 Å². The Kier molecular flexibility index (Phi) is 3.39. The van der Waals surface area contributed by atoms with Crippen LogP contribution in [0, 0.1) is 0 Å². The molecule has 0 aliphatic heterocycles. The van der Waals surface area contributed by atoms with E-state index >= 15 is 0 Å². The summed E-state index contributed by atoms with van der Waals surface area (Å²) < 4.78 is 1.56. The summed E-state index contributed by atoms with van der Waals surface area (Å²) >= 11 is 0. The van der Waals surface area contributed by atoms with Gasteiger partial charge >= 0.3 is 0 Å². The van der Waals surface area contributed by atoms with Crippen LogP contribution in [0.15, 0.2) is 30.5 Å². The van der Waals surface area contributed by atoms with Crippen molar-refractivity contribution in [3.8, 4) is 0 Å². The molecule has 0 fully saturated rings. The predicted molar refractivity (Wildman–Crippen MR) is 77.3 cm³/mol. The zero-order valence-electron chi connectivity index (χ0n) is 11.9. The Morgan fingerprint density at radius 3 is 2.95 bits per heavy atom. The fraction of sp³-hybridized carbons (Fsp3) is 0.286. The largest absolute Gasteiger partial charge is 0.361 e. The Bertz CT molecular complexity index is 774. The van der Waals surface area contributed by atoms with Gasteiger partial charge in [0.2, 0.25) is 5.91 Å². The van der Waals surface area contributed by atoms with Crippen LogP contribution in [0.25, 0.3) is 10.9 Å². The van der Waals surface area contributed by atoms with E-state index < -0.39 is 0 Å². The number of fused-ring (bicyclic) bond motifs is 1. The number of H-pyrrole nitrogens is 1. The number of amides is 1. The summed E-state index contributed by atoms with van der Waals surface area (Å²) in [6.07, 6.45) is 2.24. The van der Waals surface area contributed by atoms with Gasteiger partial charge in [-0.05, 0) is 22.1 Å². The summed E-state index contributed by atoms with van der Waals surface area (Å²) in [6.45, 7) is 0.394. The second-order valence-electron chi connectivity index (χ2n) is 5.00. The van der Waals surface area contributed by atoms with E-state index in [4.69, 9.17) is 0 Å². The average Bonchev–Trinajstić information content (AvgIpc) is 3.07. The number of likely N-dealkylation sites (N-methyl/N-ethyl adjacent to an activating group) is 1. The molecule has 0 saturated heterocycles. The summed E-state index contributed by atoms with van der Waals surface area (Å²) in [4.78, 5) is 17.1. The Hall–Kier alpha value is -2.70. The number of carbonyl (C=O) groups is 1. The lowest BCUT2D eigenvalue weighted by Gasteiger charge is -2.15. The fourth-order valence-corrected chi connectivity index (χ4v) is 2.26. The predicted octanol–water partition coefficient (Wildman–Crippen LogP) is 0.892. The number of nitrogens with one attached hydrogen (secondary N) is 1. The lowest BCUT2D eigenvalue weighted by molar-refractivity contribution is -0.129. The number of hydrogen-bond donors (Lipinski definition) is 1. The van der Waals surface area contributed by atoms with E-state index in [1.807, 2.05) is 30.5 Å². The molecule has 3 rings (SSSR count). The molecule has 0 unspecified atom stereocenters. The first-order valence-corrected chi connectivity index (χ1v) is 6.65. The van der Waals surface area contributed by atoms with Gasteiger partial charge in [0.25, 0.3) is 0 Å². The van der Waals surface area contributed by atoms with Crippen molar-refractivity contribution in [2.75, 3.05) is 7.05 Å². The molecule has 0 radical (unpaired) electrons. The highest BCUT2D eigenvalue weighted by Crippen LogP contribution is 2.18. The molecular formula is C14H16N6O. The zero-order chi connectivity index (χ0) is 14.8. The third-order valence-corrected chi connectivity index (χ3v) is 3.53. The first kappa shape index (κ1) is 13.3. The van der Waals surface area contributed by atoms with Gasteiger partial charge in [-0.15, -0.1) is 5.10 Å². The van der Waals surface area contributed by atoms with Crippen LogP contribution in [0.1, 0.15) is 11.4 Å². The van der Waals surface area contributed by atoms with Gasteiger partial charge in [0.1, 0.15) is 0 Å². The molecular weight excluding hydrogens is 268 g/mol. The second-order valence-corrected chi connectivity index (χ2v) is 5.00. The van der Waals surface area contributed by atoms with Crippen LogP contribution in [0.2, 0.25) is 0 Å². The third-order valence-electron chi connectivity index (χ3n) is 3.53. The number of para-hydroxylation sites is 1. The number of aromatic nitrogens is 5. The molecule has 108 valence electrons. The van der Waals surface area contributed by atoms with E-state index in [0.717, 1.165) is 16.5 Å². The maximum absolute atomic E-state index is 12.3. The minimum absolute atomic E-state index is 0.0303. The molecule has 1 aromatic carbocycles. The first-order valence-electron chi connectivity index (χ1n) is 6.65. The number of nitrogens with zero attached hydrogens (tertiary/aromatic N) is 5. The monoisotopic (exact) mass is 284 g/mol. The molecule has 0 aliphatic carbocycles. The summed E-state index contributed by atoms with van der Waals surface area (Å²) in [6, 6.07) is 7.95. The lowest BCUT2D eigenvalue weighted by atomic mass is 10.1. The van der Waals surface area contributed by atoms with Gasteiger partial charge in [0.15, 0.2) is 5.82 Å². The van der Waals surface area contributed by atoms with E-state index in [0.29, 0.717) is 18.8 Å². The van der Waals surface area contributed by atoms with Crippen molar-refractivity contribution in [3.63, 3.8) is 0 Å². The summed E-state index contributed by atoms with van der Waals surface area (Å²) in [5, 5.41) is 12.3. The van der Waals surface area contributed by atoms with Gasteiger partial charge in [-0.2, -0.15) is 0 Å². The van der Waals surface area contributed by atoms with E-state index in [1.165, 1.54) is 0 Å². The molecule has 21 heavy (non-hydrogen) atoms. The molecule has 2 heterocycles. The highest BCUT2D eigenvalue weighted by molar-refractivity contribution is 5.88. The number of aryl methyl sites for hydroxylation is 1. The van der Waals surface area contributed by atoms with Gasteiger partial charge < -0.3 is 9.88 Å². The van der Waals surface area contributed by atoms with Gasteiger partial charge in [0, 0.05) is 31.2 Å². The van der Waals surface area contributed by atoms with Crippen molar-refractivity contribution >= 4 is 16.8 Å². The Morgan fingerprint density at radius 2 is 2.19 bits per heavy atom. The van der Waals surface area contributed by atoms with Gasteiger partial charge in [-0.3, -0.25) is 4.79 Å². The minimum atomic E-state index is 0.0303. The molecule has 0 spiro atoms. The van der Waals surface area contributed by atoms with Crippen molar-refractivity contribution in [3.05, 3.63) is 41.9 Å². The van der Waals surface area contributed by atoms with Crippen LogP contribution in [-0.4, -0.2) is 43.0 Å². The van der Waals surface area contributed by atoms with E-state index in [1.54, 1.807) is 23.7 Å². The van der Waals surface area contributed by atoms with Crippen LogP contribution >= 0.6 is 0 Å². The SMILES string of the molecule is CN(Cc1nnnn1C)C(=O)Cc1c[nH]c2ccccc12. The number of tetrazole rings is 1. The normalized spacial score (nSPS) is 11.0. The number of hydrogen-bond acceptors (Lipinski definition) is 4. The van der Waals surface area contributed by atoms with E-state index in [9.17, 15) is 4.79 Å². The van der Waals surface area contributed by atoms with Crippen molar-refractivity contribution in [2.24, 2.45) is 7.05 Å². The summed E-state index contributed by atoms with van der Waals surface area (Å²) in [5.74, 6) is 0.688.